The molecule has 0 radical (unpaired) electrons. The lowest BCUT2D eigenvalue weighted by atomic mass is 9.83. The summed E-state index contributed by atoms with van der Waals surface area (Å²) >= 11 is 0. The minimum Gasteiger partial charge on any atom is -0.487 e. The standard InChI is InChI=1S/C49H87NO7/c1-10-11-12-13-14-15-16-17-18-19-20-29-44(53)50-49(34-51,35-52)36-55-33-45(54)56-46-40(6)41(7)47-43(42(46)8)30-32-48(9,57-47)31-23-28-39(5)27-22-26-38(4)25-21-24-37(2)3/h37-39,51-52H,10-36H2,1-9H3,(H,50,53). The lowest BCUT2D eigenvalue weighted by molar-refractivity contribution is -0.141. The molecule has 1 aliphatic rings. The van der Waals surface area contributed by atoms with Gasteiger partial charge in [-0.1, -0.05) is 144 Å². The fourth-order valence-corrected chi connectivity index (χ4v) is 8.45. The number of hydrogen-bond acceptors (Lipinski definition) is 7. The van der Waals surface area contributed by atoms with Gasteiger partial charge in [0.25, 0.3) is 0 Å². The SMILES string of the molecule is CCCCCCCCCCCCCC(=O)NC(CO)(CO)COCC(=O)Oc1c(C)c(C)c2c(c1C)CCC(C)(CCCC(C)CCCC(C)CCCC(C)C)O2. The average Bonchev–Trinajstić information content (AvgIpc) is 3.17. The lowest BCUT2D eigenvalue weighted by Crippen LogP contribution is -2.57. The predicted molar refractivity (Wildman–Crippen MR) is 235 cm³/mol. The summed E-state index contributed by atoms with van der Waals surface area (Å²) in [5.74, 6) is 3.01. The van der Waals surface area contributed by atoms with Crippen molar-refractivity contribution in [2.45, 2.75) is 221 Å². The molecule has 2 rings (SSSR count). The summed E-state index contributed by atoms with van der Waals surface area (Å²) in [6.07, 6.45) is 26.7. The fourth-order valence-electron chi connectivity index (χ4n) is 8.45. The van der Waals surface area contributed by atoms with Crippen LogP contribution in [-0.2, 0) is 20.7 Å². The van der Waals surface area contributed by atoms with Crippen LogP contribution < -0.4 is 14.8 Å². The Morgan fingerprint density at radius 3 is 1.86 bits per heavy atom. The number of rotatable bonds is 32. The Balaban J connectivity index is 1.80. The van der Waals surface area contributed by atoms with Crippen molar-refractivity contribution in [1.29, 1.82) is 0 Å². The molecule has 3 unspecified atom stereocenters. The van der Waals surface area contributed by atoms with Crippen LogP contribution in [0.2, 0.25) is 0 Å². The highest BCUT2D eigenvalue weighted by Gasteiger charge is 2.35. The summed E-state index contributed by atoms with van der Waals surface area (Å²) in [7, 11) is 0. The molecule has 57 heavy (non-hydrogen) atoms. The topological polar surface area (TPSA) is 114 Å². The van der Waals surface area contributed by atoms with Gasteiger partial charge in [-0.2, -0.15) is 0 Å². The zero-order chi connectivity index (χ0) is 42.3. The van der Waals surface area contributed by atoms with Gasteiger partial charge in [0.15, 0.2) is 0 Å². The number of carbonyl (C=O) groups is 2. The molecule has 3 N–H and O–H groups in total. The van der Waals surface area contributed by atoms with E-state index in [1.165, 1.54) is 96.3 Å². The first-order chi connectivity index (χ1) is 27.2. The molecule has 0 spiro atoms. The van der Waals surface area contributed by atoms with Crippen LogP contribution in [-0.4, -0.2) is 59.7 Å². The monoisotopic (exact) mass is 802 g/mol. The summed E-state index contributed by atoms with van der Waals surface area (Å²) in [5, 5.41) is 23.0. The maximum absolute atomic E-state index is 13.1. The molecule has 0 bridgehead atoms. The molecule has 8 heteroatoms. The van der Waals surface area contributed by atoms with Gasteiger partial charge in [0.05, 0.1) is 19.8 Å². The van der Waals surface area contributed by atoms with Crippen LogP contribution in [0.3, 0.4) is 0 Å². The number of benzene rings is 1. The van der Waals surface area contributed by atoms with Gasteiger partial charge in [0.1, 0.15) is 29.2 Å². The molecule has 0 fully saturated rings. The second-order valence-corrected chi connectivity index (χ2v) is 18.8. The molecule has 0 saturated carbocycles. The van der Waals surface area contributed by atoms with E-state index in [0.29, 0.717) is 12.2 Å². The molecule has 3 atom stereocenters. The highest BCUT2D eigenvalue weighted by atomic mass is 16.6. The zero-order valence-electron chi connectivity index (χ0n) is 38.3. The number of ether oxygens (including phenoxy) is 3. The van der Waals surface area contributed by atoms with Gasteiger partial charge in [-0.15, -0.1) is 0 Å². The molecular weight excluding hydrogens is 715 g/mol. The molecular formula is C49H87NO7. The van der Waals surface area contributed by atoms with E-state index in [-0.39, 0.29) is 24.7 Å². The van der Waals surface area contributed by atoms with E-state index in [0.717, 1.165) is 90.7 Å². The number of aliphatic hydroxyl groups excluding tert-OH is 2. The third-order valence-corrected chi connectivity index (χ3v) is 12.7. The van der Waals surface area contributed by atoms with E-state index in [4.69, 9.17) is 14.2 Å². The highest BCUT2D eigenvalue weighted by Crippen LogP contribution is 2.45. The van der Waals surface area contributed by atoms with Crippen LogP contribution >= 0.6 is 0 Å². The van der Waals surface area contributed by atoms with Crippen molar-refractivity contribution in [2.75, 3.05) is 26.4 Å². The van der Waals surface area contributed by atoms with Gasteiger partial charge in [-0.3, -0.25) is 4.79 Å². The first kappa shape index (κ1) is 51.0. The van der Waals surface area contributed by atoms with Crippen molar-refractivity contribution in [3.8, 4) is 11.5 Å². The number of fused-ring (bicyclic) bond motifs is 1. The van der Waals surface area contributed by atoms with Crippen LogP contribution in [0.25, 0.3) is 0 Å². The maximum Gasteiger partial charge on any atom is 0.337 e. The second-order valence-electron chi connectivity index (χ2n) is 18.8. The zero-order valence-corrected chi connectivity index (χ0v) is 38.3. The average molecular weight is 802 g/mol. The van der Waals surface area contributed by atoms with E-state index in [2.05, 4.69) is 46.9 Å². The van der Waals surface area contributed by atoms with Crippen molar-refractivity contribution in [2.24, 2.45) is 17.8 Å². The molecule has 1 aromatic rings. The number of hydrogen-bond donors (Lipinski definition) is 3. The van der Waals surface area contributed by atoms with Crippen LogP contribution in [0, 0.1) is 38.5 Å². The van der Waals surface area contributed by atoms with Gasteiger partial charge < -0.3 is 29.7 Å². The molecule has 0 aliphatic carbocycles. The van der Waals surface area contributed by atoms with Crippen molar-refractivity contribution < 1.29 is 34.0 Å². The molecule has 1 heterocycles. The summed E-state index contributed by atoms with van der Waals surface area (Å²) in [5.41, 5.74) is 2.26. The first-order valence-electron chi connectivity index (χ1n) is 23.3. The Hall–Kier alpha value is -2.16. The third kappa shape index (κ3) is 19.2. The summed E-state index contributed by atoms with van der Waals surface area (Å²) in [6, 6.07) is 0. The quantitative estimate of drug-likeness (QED) is 0.0377. The molecule has 8 nitrogen and oxygen atoms in total. The largest absolute Gasteiger partial charge is 0.487 e. The number of esters is 1. The molecule has 330 valence electrons. The van der Waals surface area contributed by atoms with Crippen molar-refractivity contribution in [3.05, 3.63) is 22.3 Å². The van der Waals surface area contributed by atoms with Gasteiger partial charge in [0.2, 0.25) is 5.91 Å². The Kier molecular flexibility index (Phi) is 24.7. The molecule has 1 aliphatic heterocycles. The number of nitrogens with one attached hydrogen (secondary N) is 1. The van der Waals surface area contributed by atoms with Gasteiger partial charge in [-0.05, 0) is 94.2 Å². The van der Waals surface area contributed by atoms with E-state index in [1.807, 2.05) is 20.8 Å². The van der Waals surface area contributed by atoms with Gasteiger partial charge >= 0.3 is 5.97 Å². The van der Waals surface area contributed by atoms with E-state index >= 15 is 0 Å². The van der Waals surface area contributed by atoms with Crippen LogP contribution in [0.5, 0.6) is 11.5 Å². The molecule has 0 aromatic heterocycles. The van der Waals surface area contributed by atoms with Crippen LogP contribution in [0.4, 0.5) is 0 Å². The molecule has 1 aromatic carbocycles. The Morgan fingerprint density at radius 1 is 0.754 bits per heavy atom. The van der Waals surface area contributed by atoms with Gasteiger partial charge in [-0.25, -0.2) is 4.79 Å². The molecule has 0 saturated heterocycles. The Labute approximate surface area is 349 Å². The minimum atomic E-state index is -1.38. The van der Waals surface area contributed by atoms with Gasteiger partial charge in [0, 0.05) is 12.0 Å². The third-order valence-electron chi connectivity index (χ3n) is 12.7. The predicted octanol–water partition coefficient (Wildman–Crippen LogP) is 11.6. The number of amides is 1. The Morgan fingerprint density at radius 2 is 1.30 bits per heavy atom. The second kappa shape index (κ2) is 27.6. The van der Waals surface area contributed by atoms with E-state index in [1.54, 1.807) is 0 Å². The highest BCUT2D eigenvalue weighted by molar-refractivity contribution is 5.77. The lowest BCUT2D eigenvalue weighted by Gasteiger charge is -2.38. The summed E-state index contributed by atoms with van der Waals surface area (Å²) in [6.45, 7) is 18.3. The van der Waals surface area contributed by atoms with E-state index < -0.39 is 24.7 Å². The Bertz CT molecular complexity index is 1290. The first-order valence-corrected chi connectivity index (χ1v) is 23.3. The van der Waals surface area contributed by atoms with E-state index in [9.17, 15) is 19.8 Å². The number of carbonyl (C=O) groups excluding carboxylic acids is 2. The van der Waals surface area contributed by atoms with Crippen LogP contribution in [0.15, 0.2) is 0 Å². The summed E-state index contributed by atoms with van der Waals surface area (Å²) < 4.78 is 18.3. The van der Waals surface area contributed by atoms with Crippen molar-refractivity contribution >= 4 is 11.9 Å². The fraction of sp³-hybridized carbons (Fsp3) is 0.837. The van der Waals surface area contributed by atoms with Crippen LogP contribution in [0.1, 0.15) is 205 Å². The smallest absolute Gasteiger partial charge is 0.337 e. The minimum absolute atomic E-state index is 0.219. The molecule has 1 amide bonds. The number of aliphatic hydroxyl groups is 2. The maximum atomic E-state index is 13.1. The normalized spacial score (nSPS) is 16.6. The van der Waals surface area contributed by atoms with Crippen molar-refractivity contribution in [1.82, 2.24) is 5.32 Å². The summed E-state index contributed by atoms with van der Waals surface area (Å²) in [4.78, 5) is 25.8. The number of unbranched alkanes of at least 4 members (excludes halogenated alkanes) is 10. The van der Waals surface area contributed by atoms with Crippen molar-refractivity contribution in [3.63, 3.8) is 0 Å².